The quantitative estimate of drug-likeness (QED) is 0.0527. The summed E-state index contributed by atoms with van der Waals surface area (Å²) >= 11 is 0. The van der Waals surface area contributed by atoms with Gasteiger partial charge in [-0.05, 0) is 12.8 Å². The van der Waals surface area contributed by atoms with Crippen molar-refractivity contribution in [3.8, 4) is 0 Å². The lowest BCUT2D eigenvalue weighted by Gasteiger charge is -2.34. The van der Waals surface area contributed by atoms with Crippen LogP contribution in [0.25, 0.3) is 0 Å². The number of hydrogen-bond donors (Lipinski definition) is 0. The first kappa shape index (κ1) is 40.3. The molecule has 0 aliphatic heterocycles. The van der Waals surface area contributed by atoms with Gasteiger partial charge in [-0.3, -0.25) is 9.59 Å². The summed E-state index contributed by atoms with van der Waals surface area (Å²) in [7, 11) is 5.38. The number of carbonyl (C=O) groups is 3. The predicted octanol–water partition coefficient (Wildman–Crippen LogP) is 6.51. The fraction of sp³-hybridized carbons (Fsp3) is 0.912. The Morgan fingerprint density at radius 2 is 1.05 bits per heavy atom. The van der Waals surface area contributed by atoms with E-state index >= 15 is 0 Å². The third-order valence-electron chi connectivity index (χ3n) is 7.74. The highest BCUT2D eigenvalue weighted by Gasteiger charge is 2.25. The molecular formula is C34H65NO7. The summed E-state index contributed by atoms with van der Waals surface area (Å²) in [6, 6.07) is -0.715. The van der Waals surface area contributed by atoms with Gasteiger partial charge in [-0.2, -0.15) is 0 Å². The van der Waals surface area contributed by atoms with Gasteiger partial charge in [-0.25, -0.2) is 0 Å². The number of likely N-dealkylation sites (N-methyl/N-ethyl adjacent to an activating group) is 1. The fourth-order valence-corrected chi connectivity index (χ4v) is 5.01. The van der Waals surface area contributed by atoms with Crippen LogP contribution in [0.3, 0.4) is 0 Å². The number of aliphatic carboxylic acids is 1. The van der Waals surface area contributed by atoms with Crippen molar-refractivity contribution in [1.29, 1.82) is 0 Å². The van der Waals surface area contributed by atoms with Gasteiger partial charge in [0.05, 0.1) is 40.3 Å². The van der Waals surface area contributed by atoms with Crippen LogP contribution in [-0.2, 0) is 28.6 Å². The normalized spacial score (nSPS) is 13.1. The molecule has 0 N–H and O–H groups in total. The maximum absolute atomic E-state index is 12.5. The highest BCUT2D eigenvalue weighted by molar-refractivity contribution is 5.70. The number of carbonyl (C=O) groups excluding carboxylic acids is 3. The molecule has 0 fully saturated rings. The lowest BCUT2D eigenvalue weighted by Crippen LogP contribution is -2.55. The molecular weight excluding hydrogens is 534 g/mol. The monoisotopic (exact) mass is 599 g/mol. The van der Waals surface area contributed by atoms with Crippen molar-refractivity contribution in [2.24, 2.45) is 0 Å². The molecule has 8 nitrogen and oxygen atoms in total. The minimum absolute atomic E-state index is 0.0454. The number of quaternary nitrogens is 1. The van der Waals surface area contributed by atoms with Crippen molar-refractivity contribution in [2.75, 3.05) is 41.0 Å². The second-order valence-corrected chi connectivity index (χ2v) is 12.8. The number of rotatable bonds is 30. The number of nitrogens with zero attached hydrogens (tertiary/aromatic N) is 1. The topological polar surface area (TPSA) is 102 Å². The Kier molecular flexibility index (Phi) is 25.8. The molecule has 0 heterocycles. The van der Waals surface area contributed by atoms with E-state index in [1.165, 1.54) is 77.0 Å². The van der Waals surface area contributed by atoms with E-state index in [0.29, 0.717) is 12.8 Å². The predicted molar refractivity (Wildman–Crippen MR) is 167 cm³/mol. The van der Waals surface area contributed by atoms with Crippen molar-refractivity contribution in [2.45, 2.75) is 161 Å². The lowest BCUT2D eigenvalue weighted by molar-refractivity contribution is -0.889. The molecule has 42 heavy (non-hydrogen) atoms. The molecule has 248 valence electrons. The third-order valence-corrected chi connectivity index (χ3v) is 7.74. The zero-order valence-corrected chi connectivity index (χ0v) is 27.9. The second-order valence-electron chi connectivity index (χ2n) is 12.8. The first-order valence-electron chi connectivity index (χ1n) is 17.1. The molecule has 2 atom stereocenters. The Labute approximate surface area is 257 Å². The van der Waals surface area contributed by atoms with E-state index in [1.807, 2.05) is 0 Å². The Balaban J connectivity index is 4.22. The molecule has 0 spiro atoms. The van der Waals surface area contributed by atoms with Gasteiger partial charge in [0.2, 0.25) is 0 Å². The Bertz CT molecular complexity index is 677. The first-order valence-corrected chi connectivity index (χ1v) is 17.1. The van der Waals surface area contributed by atoms with Gasteiger partial charge in [-0.1, -0.05) is 117 Å². The number of unbranched alkanes of at least 4 members (excludes halogenated alkanes) is 16. The van der Waals surface area contributed by atoms with Crippen LogP contribution in [0.1, 0.15) is 149 Å². The summed E-state index contributed by atoms with van der Waals surface area (Å²) in [5, 5.41) is 11.5. The Hall–Kier alpha value is -1.67. The van der Waals surface area contributed by atoms with Crippen molar-refractivity contribution in [1.82, 2.24) is 0 Å². The molecule has 0 saturated carbocycles. The number of carboxylic acids is 1. The van der Waals surface area contributed by atoms with Gasteiger partial charge in [-0.15, -0.1) is 0 Å². The van der Waals surface area contributed by atoms with Gasteiger partial charge in [0.15, 0.2) is 6.10 Å². The van der Waals surface area contributed by atoms with E-state index in [4.69, 9.17) is 14.2 Å². The molecule has 0 rings (SSSR count). The molecule has 0 aromatic heterocycles. The van der Waals surface area contributed by atoms with Gasteiger partial charge in [0.1, 0.15) is 12.6 Å². The van der Waals surface area contributed by atoms with E-state index < -0.39 is 18.1 Å². The highest BCUT2D eigenvalue weighted by atomic mass is 16.6. The van der Waals surface area contributed by atoms with Gasteiger partial charge in [0, 0.05) is 19.3 Å². The van der Waals surface area contributed by atoms with E-state index in [9.17, 15) is 19.5 Å². The van der Waals surface area contributed by atoms with Crippen LogP contribution >= 0.6 is 0 Å². The summed E-state index contributed by atoms with van der Waals surface area (Å²) in [6.45, 7) is 4.49. The third kappa shape index (κ3) is 24.9. The van der Waals surface area contributed by atoms with E-state index in [1.54, 1.807) is 21.1 Å². The van der Waals surface area contributed by atoms with E-state index in [0.717, 1.165) is 38.5 Å². The number of carboxylic acid groups (broad SMARTS) is 1. The molecule has 8 heteroatoms. The maximum Gasteiger partial charge on any atom is 0.306 e. The minimum atomic E-state index is -1.13. The fourth-order valence-electron chi connectivity index (χ4n) is 5.01. The van der Waals surface area contributed by atoms with E-state index in [-0.39, 0.29) is 42.7 Å². The molecule has 0 aliphatic carbocycles. The van der Waals surface area contributed by atoms with Crippen molar-refractivity contribution in [3.63, 3.8) is 0 Å². The van der Waals surface area contributed by atoms with Crippen molar-refractivity contribution < 1.29 is 38.2 Å². The molecule has 0 saturated heterocycles. The zero-order valence-electron chi connectivity index (χ0n) is 27.9. The van der Waals surface area contributed by atoms with Gasteiger partial charge >= 0.3 is 11.9 Å². The molecule has 0 bridgehead atoms. The summed E-state index contributed by atoms with van der Waals surface area (Å²) < 4.78 is 16.8. The van der Waals surface area contributed by atoms with Crippen LogP contribution in [0.2, 0.25) is 0 Å². The summed E-state index contributed by atoms with van der Waals surface area (Å²) in [6.07, 6.45) is 21.9. The molecule has 0 aromatic carbocycles. The highest BCUT2D eigenvalue weighted by Crippen LogP contribution is 2.14. The standard InChI is InChI=1S/C34H65NO7/c1-6-8-10-11-12-13-14-15-16-17-18-19-20-21-23-25-33(37)42-30(29-41-32(36)24-22-9-7-2)28-40-27-26-31(34(38)39)35(3,4)5/h30-31H,6-29H2,1-5H3. The SMILES string of the molecule is CCCCCCCCCCCCCCCCCC(=O)OC(COCCC(C(=O)[O-])[N+](C)(C)C)COC(=O)CCCCC. The molecule has 0 amide bonds. The summed E-state index contributed by atoms with van der Waals surface area (Å²) in [5.74, 6) is -1.76. The first-order chi connectivity index (χ1) is 20.1. The molecule has 0 aliphatic rings. The average molecular weight is 600 g/mol. The number of esters is 2. The Morgan fingerprint density at radius 3 is 1.52 bits per heavy atom. The average Bonchev–Trinajstić information content (AvgIpc) is 2.92. The lowest BCUT2D eigenvalue weighted by atomic mass is 10.0. The summed E-state index contributed by atoms with van der Waals surface area (Å²) in [4.78, 5) is 36.0. The second kappa shape index (κ2) is 26.9. The maximum atomic E-state index is 12.5. The zero-order chi connectivity index (χ0) is 31.5. The van der Waals surface area contributed by atoms with Crippen LogP contribution in [-0.4, -0.2) is 75.5 Å². The van der Waals surface area contributed by atoms with Crippen LogP contribution in [0, 0.1) is 0 Å². The molecule has 2 unspecified atom stereocenters. The largest absolute Gasteiger partial charge is 0.544 e. The van der Waals surface area contributed by atoms with Crippen LogP contribution < -0.4 is 5.11 Å². The summed E-state index contributed by atoms with van der Waals surface area (Å²) in [5.41, 5.74) is 0. The molecule has 0 aromatic rings. The minimum Gasteiger partial charge on any atom is -0.544 e. The van der Waals surface area contributed by atoms with E-state index in [2.05, 4.69) is 13.8 Å². The number of ether oxygens (including phenoxy) is 3. The van der Waals surface area contributed by atoms with Gasteiger partial charge < -0.3 is 28.6 Å². The number of hydrogen-bond acceptors (Lipinski definition) is 7. The van der Waals surface area contributed by atoms with Crippen molar-refractivity contribution >= 4 is 17.9 Å². The molecule has 0 radical (unpaired) electrons. The van der Waals surface area contributed by atoms with Crippen LogP contribution in [0.15, 0.2) is 0 Å². The van der Waals surface area contributed by atoms with Crippen LogP contribution in [0.4, 0.5) is 0 Å². The van der Waals surface area contributed by atoms with Crippen LogP contribution in [0.5, 0.6) is 0 Å². The Morgan fingerprint density at radius 1 is 0.619 bits per heavy atom. The van der Waals surface area contributed by atoms with Gasteiger partial charge in [0.25, 0.3) is 0 Å². The van der Waals surface area contributed by atoms with Crippen molar-refractivity contribution in [3.05, 3.63) is 0 Å². The smallest absolute Gasteiger partial charge is 0.306 e.